The van der Waals surface area contributed by atoms with Gasteiger partial charge in [0.15, 0.2) is 0 Å². The van der Waals surface area contributed by atoms with Crippen molar-refractivity contribution in [1.82, 2.24) is 10.6 Å². The maximum atomic E-state index is 14.4. The number of carbonyl (C=O) groups is 3. The Hall–Kier alpha value is -3.83. The van der Waals surface area contributed by atoms with Gasteiger partial charge in [0.2, 0.25) is 5.91 Å². The van der Waals surface area contributed by atoms with Crippen LogP contribution in [0, 0.1) is 0 Å². The van der Waals surface area contributed by atoms with E-state index in [0.29, 0.717) is 33.4 Å². The van der Waals surface area contributed by atoms with Crippen molar-refractivity contribution in [2.45, 2.75) is 25.6 Å². The van der Waals surface area contributed by atoms with Crippen LogP contribution in [0.5, 0.6) is 5.75 Å². The number of hydrogen-bond donors (Lipinski definition) is 3. The van der Waals surface area contributed by atoms with Crippen LogP contribution in [-0.4, -0.2) is 50.5 Å². The molecule has 2 unspecified atom stereocenters. The maximum Gasteiger partial charge on any atom is 0.258 e. The molecule has 5 rings (SSSR count). The van der Waals surface area contributed by atoms with Crippen molar-refractivity contribution in [2.24, 2.45) is 0 Å². The van der Waals surface area contributed by atoms with Gasteiger partial charge in [-0.15, -0.1) is 12.4 Å². The van der Waals surface area contributed by atoms with E-state index in [-0.39, 0.29) is 43.2 Å². The third-order valence-corrected chi connectivity index (χ3v) is 8.53. The first-order valence-corrected chi connectivity index (χ1v) is 14.8. The van der Waals surface area contributed by atoms with E-state index in [0.717, 1.165) is 20.8 Å². The average Bonchev–Trinajstić information content (AvgIpc) is 3.11. The number of carbonyl (C=O) groups excluding carboxylic acids is 3. The predicted molar refractivity (Wildman–Crippen MR) is 181 cm³/mol. The molecule has 0 saturated carbocycles. The number of likely N-dealkylation sites (N-methyl/N-ethyl adjacent to an activating group) is 1. The van der Waals surface area contributed by atoms with Gasteiger partial charge in [0.25, 0.3) is 11.8 Å². The van der Waals surface area contributed by atoms with Crippen LogP contribution >= 0.6 is 39.9 Å². The standard InChI is InChI=1S/C32H31BrClN5O4.ClH/c1-18(36-2)30(40)37-26-17-39(31(41)19-7-10-21(35)11-8-19)28-15-20(34)9-13-27(28)38(32(26)42)16-24-22-5-4-6-25(33)23(22)12-14-29(24)43-3;/h4-15,18,26,36H,16-17,35H2,1-3H3,(H,37,40);1H. The fourth-order valence-corrected chi connectivity index (χ4v) is 5.82. The van der Waals surface area contributed by atoms with Gasteiger partial charge in [0.05, 0.1) is 37.6 Å². The number of nitrogens with two attached hydrogens (primary N) is 1. The quantitative estimate of drug-likeness (QED) is 0.218. The first kappa shape index (κ1) is 33.1. The lowest BCUT2D eigenvalue weighted by Gasteiger charge is -2.27. The van der Waals surface area contributed by atoms with E-state index in [9.17, 15) is 14.4 Å². The zero-order valence-electron chi connectivity index (χ0n) is 24.3. The highest BCUT2D eigenvalue weighted by Gasteiger charge is 2.38. The number of ether oxygens (including phenoxy) is 1. The summed E-state index contributed by atoms with van der Waals surface area (Å²) >= 11 is 10.1. The number of amides is 3. The number of nitrogen functional groups attached to an aromatic ring is 1. The molecule has 0 spiro atoms. The van der Waals surface area contributed by atoms with Crippen LogP contribution in [-0.2, 0) is 16.1 Å². The molecular weight excluding hydrogens is 669 g/mol. The van der Waals surface area contributed by atoms with Gasteiger partial charge < -0.3 is 30.9 Å². The minimum absolute atomic E-state index is 0. The zero-order valence-corrected chi connectivity index (χ0v) is 27.4. The highest BCUT2D eigenvalue weighted by Crippen LogP contribution is 2.40. The van der Waals surface area contributed by atoms with E-state index in [1.807, 2.05) is 30.3 Å². The van der Waals surface area contributed by atoms with Crippen molar-refractivity contribution >= 4 is 85.5 Å². The molecule has 1 aliphatic heterocycles. The lowest BCUT2D eigenvalue weighted by Crippen LogP contribution is -2.55. The highest BCUT2D eigenvalue weighted by molar-refractivity contribution is 9.10. The number of hydrogen-bond acceptors (Lipinski definition) is 6. The van der Waals surface area contributed by atoms with Gasteiger partial charge in [-0.2, -0.15) is 0 Å². The molecular formula is C32H32BrCl2N5O4. The molecule has 0 aliphatic carbocycles. The number of methoxy groups -OCH3 is 1. The molecule has 4 N–H and O–H groups in total. The summed E-state index contributed by atoms with van der Waals surface area (Å²) in [6.07, 6.45) is 0. The third kappa shape index (κ3) is 6.49. The van der Waals surface area contributed by atoms with Gasteiger partial charge in [-0.3, -0.25) is 14.4 Å². The minimum atomic E-state index is -1.07. The first-order valence-electron chi connectivity index (χ1n) is 13.6. The second-order valence-electron chi connectivity index (χ2n) is 10.2. The molecule has 2 atom stereocenters. The average molecular weight is 701 g/mol. The van der Waals surface area contributed by atoms with Crippen LogP contribution in [0.1, 0.15) is 22.8 Å². The molecule has 230 valence electrons. The number of fused-ring (bicyclic) bond motifs is 2. The summed E-state index contributed by atoms with van der Waals surface area (Å²) in [7, 11) is 3.24. The Morgan fingerprint density at radius 1 is 1.07 bits per heavy atom. The van der Waals surface area contributed by atoms with Crippen molar-refractivity contribution < 1.29 is 19.1 Å². The Labute approximate surface area is 275 Å². The molecule has 0 bridgehead atoms. The molecule has 1 aliphatic rings. The minimum Gasteiger partial charge on any atom is -0.496 e. The summed E-state index contributed by atoms with van der Waals surface area (Å²) in [4.78, 5) is 44.6. The second kappa shape index (κ2) is 13.9. The summed E-state index contributed by atoms with van der Waals surface area (Å²) < 4.78 is 6.64. The monoisotopic (exact) mass is 699 g/mol. The summed E-state index contributed by atoms with van der Waals surface area (Å²) in [6.45, 7) is 1.67. The second-order valence-corrected chi connectivity index (χ2v) is 11.5. The first-order chi connectivity index (χ1) is 20.6. The highest BCUT2D eigenvalue weighted by atomic mass is 79.9. The van der Waals surface area contributed by atoms with Crippen LogP contribution < -0.4 is 30.9 Å². The number of halogens is 3. The molecule has 12 heteroatoms. The molecule has 44 heavy (non-hydrogen) atoms. The molecule has 0 radical (unpaired) electrons. The third-order valence-electron chi connectivity index (χ3n) is 7.61. The van der Waals surface area contributed by atoms with Gasteiger partial charge in [0, 0.05) is 26.3 Å². The predicted octanol–water partition coefficient (Wildman–Crippen LogP) is 5.55. The van der Waals surface area contributed by atoms with Crippen molar-refractivity contribution in [1.29, 1.82) is 0 Å². The number of rotatable bonds is 7. The van der Waals surface area contributed by atoms with Gasteiger partial charge in [-0.25, -0.2) is 0 Å². The Balaban J connectivity index is 0.00000442. The lowest BCUT2D eigenvalue weighted by molar-refractivity contribution is -0.128. The van der Waals surface area contributed by atoms with Crippen molar-refractivity contribution in [3.8, 4) is 5.75 Å². The number of nitrogens with zero attached hydrogens (tertiary/aromatic N) is 2. The van der Waals surface area contributed by atoms with Gasteiger partial charge >= 0.3 is 0 Å². The molecule has 9 nitrogen and oxygen atoms in total. The van der Waals surface area contributed by atoms with E-state index < -0.39 is 12.1 Å². The smallest absolute Gasteiger partial charge is 0.258 e. The lowest BCUT2D eigenvalue weighted by atomic mass is 10.0. The topological polar surface area (TPSA) is 117 Å². The molecule has 0 fully saturated rings. The summed E-state index contributed by atoms with van der Waals surface area (Å²) in [5, 5.41) is 7.99. The van der Waals surface area contributed by atoms with Crippen LogP contribution in [0.3, 0.4) is 0 Å². The Morgan fingerprint density at radius 3 is 2.48 bits per heavy atom. The van der Waals surface area contributed by atoms with Crippen molar-refractivity contribution in [2.75, 3.05) is 36.2 Å². The van der Waals surface area contributed by atoms with Crippen LogP contribution in [0.4, 0.5) is 17.1 Å². The summed E-state index contributed by atoms with van der Waals surface area (Å²) in [5.41, 5.74) is 8.41. The van der Waals surface area contributed by atoms with Crippen LogP contribution in [0.15, 0.2) is 77.3 Å². The van der Waals surface area contributed by atoms with Gasteiger partial charge in [0.1, 0.15) is 11.8 Å². The molecule has 0 saturated heterocycles. The molecule has 0 aromatic heterocycles. The number of benzene rings is 4. The summed E-state index contributed by atoms with van der Waals surface area (Å²) in [5.74, 6) is -0.540. The van der Waals surface area contributed by atoms with E-state index in [2.05, 4.69) is 26.6 Å². The van der Waals surface area contributed by atoms with E-state index in [1.165, 1.54) is 4.90 Å². The molecule has 3 amide bonds. The van der Waals surface area contributed by atoms with Crippen LogP contribution in [0.2, 0.25) is 5.02 Å². The fraction of sp³-hybridized carbons (Fsp3) is 0.219. The van der Waals surface area contributed by atoms with Crippen molar-refractivity contribution in [3.63, 3.8) is 0 Å². The van der Waals surface area contributed by atoms with Crippen molar-refractivity contribution in [3.05, 3.63) is 93.4 Å². The Kier molecular flexibility index (Phi) is 10.4. The molecule has 1 heterocycles. The van der Waals surface area contributed by atoms with Crippen LogP contribution in [0.25, 0.3) is 10.8 Å². The molecule has 4 aromatic carbocycles. The molecule has 4 aromatic rings. The SMILES string of the molecule is CNC(C)C(=O)NC1CN(C(=O)c2ccc(N)cc2)c2cc(Cl)ccc2N(Cc2c(OC)ccc3c(Br)cccc23)C1=O.Cl. The van der Waals surface area contributed by atoms with E-state index in [4.69, 9.17) is 22.1 Å². The summed E-state index contributed by atoms with van der Waals surface area (Å²) in [6, 6.07) is 19.6. The van der Waals surface area contributed by atoms with E-state index >= 15 is 0 Å². The van der Waals surface area contributed by atoms with E-state index in [1.54, 1.807) is 68.4 Å². The largest absolute Gasteiger partial charge is 0.496 e. The van der Waals surface area contributed by atoms with Gasteiger partial charge in [-0.1, -0.05) is 39.7 Å². The normalized spacial score (nSPS) is 15.2. The fourth-order valence-electron chi connectivity index (χ4n) is 5.15. The maximum absolute atomic E-state index is 14.4. The zero-order chi connectivity index (χ0) is 30.8. The van der Waals surface area contributed by atoms with Gasteiger partial charge in [-0.05, 0) is 85.4 Å². The number of nitrogens with one attached hydrogen (secondary N) is 2. The number of anilines is 3. The Morgan fingerprint density at radius 2 is 1.80 bits per heavy atom. The Bertz CT molecular complexity index is 1720.